The average Bonchev–Trinajstić information content (AvgIpc) is 3.30. The molecule has 0 radical (unpaired) electrons. The number of carbonyl (C=O) groups excluding carboxylic acids is 2. The molecule has 3 atom stereocenters. The standard InChI is InChI=1S/C19H26N2O2/c1-12-6-7-17(14(3)9-12)20-18(22)15-10-16(15)19(23)21-8-4-5-13(2)11-21/h6-7,9,13,15-16H,4-5,8,10-11H2,1-3H3,(H,20,22). The number of benzene rings is 1. The Balaban J connectivity index is 1.57. The largest absolute Gasteiger partial charge is 0.342 e. The number of rotatable bonds is 3. The summed E-state index contributed by atoms with van der Waals surface area (Å²) in [5.74, 6) is 0.484. The van der Waals surface area contributed by atoms with Crippen molar-refractivity contribution in [3.63, 3.8) is 0 Å². The zero-order chi connectivity index (χ0) is 16.6. The summed E-state index contributed by atoms with van der Waals surface area (Å²) >= 11 is 0. The number of nitrogens with one attached hydrogen (secondary N) is 1. The number of likely N-dealkylation sites (tertiary alicyclic amines) is 1. The maximum absolute atomic E-state index is 12.5. The highest BCUT2D eigenvalue weighted by Gasteiger charge is 2.49. The first kappa shape index (κ1) is 16.0. The molecule has 2 fully saturated rings. The summed E-state index contributed by atoms with van der Waals surface area (Å²) in [6.45, 7) is 7.92. The molecule has 3 rings (SSSR count). The lowest BCUT2D eigenvalue weighted by atomic mass is 10.00. The van der Waals surface area contributed by atoms with Crippen molar-refractivity contribution in [3.05, 3.63) is 29.3 Å². The van der Waals surface area contributed by atoms with Gasteiger partial charge in [0, 0.05) is 18.8 Å². The molecule has 3 unspecified atom stereocenters. The van der Waals surface area contributed by atoms with Crippen LogP contribution in [0.15, 0.2) is 18.2 Å². The zero-order valence-electron chi connectivity index (χ0n) is 14.3. The van der Waals surface area contributed by atoms with E-state index in [1.165, 1.54) is 12.0 Å². The van der Waals surface area contributed by atoms with Gasteiger partial charge >= 0.3 is 0 Å². The maximum atomic E-state index is 12.5. The molecule has 1 saturated carbocycles. The minimum atomic E-state index is -0.152. The first-order valence-corrected chi connectivity index (χ1v) is 8.62. The van der Waals surface area contributed by atoms with Gasteiger partial charge in [0.2, 0.25) is 11.8 Å². The molecule has 4 nitrogen and oxygen atoms in total. The lowest BCUT2D eigenvalue weighted by molar-refractivity contribution is -0.135. The topological polar surface area (TPSA) is 49.4 Å². The van der Waals surface area contributed by atoms with E-state index in [1.807, 2.05) is 30.9 Å². The Bertz CT molecular complexity index is 626. The molecule has 4 heteroatoms. The fourth-order valence-electron chi connectivity index (χ4n) is 3.56. The van der Waals surface area contributed by atoms with Crippen molar-refractivity contribution < 1.29 is 9.59 Å². The molecule has 0 aromatic heterocycles. The molecule has 1 aromatic carbocycles. The van der Waals surface area contributed by atoms with Crippen molar-refractivity contribution in [2.24, 2.45) is 17.8 Å². The lowest BCUT2D eigenvalue weighted by Crippen LogP contribution is -2.40. The minimum absolute atomic E-state index is 0.0136. The van der Waals surface area contributed by atoms with Crippen LogP contribution in [0.5, 0.6) is 0 Å². The molecule has 1 aromatic rings. The van der Waals surface area contributed by atoms with Crippen LogP contribution in [-0.2, 0) is 9.59 Å². The number of hydrogen-bond donors (Lipinski definition) is 1. The third-order valence-electron chi connectivity index (χ3n) is 5.05. The Labute approximate surface area is 138 Å². The fraction of sp³-hybridized carbons (Fsp3) is 0.579. The van der Waals surface area contributed by atoms with Gasteiger partial charge in [-0.15, -0.1) is 0 Å². The second-order valence-electron chi connectivity index (χ2n) is 7.29. The Morgan fingerprint density at radius 2 is 2.00 bits per heavy atom. The van der Waals surface area contributed by atoms with Crippen molar-refractivity contribution in [3.8, 4) is 0 Å². The zero-order valence-corrected chi connectivity index (χ0v) is 14.3. The molecule has 1 N–H and O–H groups in total. The summed E-state index contributed by atoms with van der Waals surface area (Å²) in [5.41, 5.74) is 3.09. The number of hydrogen-bond acceptors (Lipinski definition) is 2. The van der Waals surface area contributed by atoms with E-state index in [4.69, 9.17) is 0 Å². The molecule has 23 heavy (non-hydrogen) atoms. The molecular weight excluding hydrogens is 288 g/mol. The monoisotopic (exact) mass is 314 g/mol. The normalized spacial score (nSPS) is 26.7. The van der Waals surface area contributed by atoms with Gasteiger partial charge in [-0.1, -0.05) is 24.6 Å². The van der Waals surface area contributed by atoms with Crippen molar-refractivity contribution in [2.45, 2.75) is 40.0 Å². The van der Waals surface area contributed by atoms with Gasteiger partial charge in [-0.2, -0.15) is 0 Å². The second-order valence-corrected chi connectivity index (χ2v) is 7.29. The number of amides is 2. The lowest BCUT2D eigenvalue weighted by Gasteiger charge is -2.31. The summed E-state index contributed by atoms with van der Waals surface area (Å²) in [5, 5.41) is 2.99. The van der Waals surface area contributed by atoms with Crippen LogP contribution in [0.1, 0.15) is 37.3 Å². The van der Waals surface area contributed by atoms with Gasteiger partial charge in [-0.3, -0.25) is 9.59 Å². The summed E-state index contributed by atoms with van der Waals surface area (Å²) < 4.78 is 0. The Hall–Kier alpha value is -1.84. The summed E-state index contributed by atoms with van der Waals surface area (Å²) in [4.78, 5) is 26.9. The van der Waals surface area contributed by atoms with Crippen LogP contribution in [0.2, 0.25) is 0 Å². The van der Waals surface area contributed by atoms with Crippen LogP contribution in [0.4, 0.5) is 5.69 Å². The number of carbonyl (C=O) groups is 2. The van der Waals surface area contributed by atoms with E-state index in [2.05, 4.69) is 18.3 Å². The van der Waals surface area contributed by atoms with Gasteiger partial charge in [0.25, 0.3) is 0 Å². The van der Waals surface area contributed by atoms with Crippen LogP contribution in [0.3, 0.4) is 0 Å². The molecule has 1 aliphatic carbocycles. The molecule has 1 saturated heterocycles. The van der Waals surface area contributed by atoms with Crippen molar-refractivity contribution >= 4 is 17.5 Å². The number of anilines is 1. The predicted molar refractivity (Wildman–Crippen MR) is 91.1 cm³/mol. The fourth-order valence-corrected chi connectivity index (χ4v) is 3.56. The summed E-state index contributed by atoms with van der Waals surface area (Å²) in [7, 11) is 0. The quantitative estimate of drug-likeness (QED) is 0.932. The van der Waals surface area contributed by atoms with Gasteiger partial charge in [0.1, 0.15) is 0 Å². The van der Waals surface area contributed by atoms with E-state index in [9.17, 15) is 9.59 Å². The van der Waals surface area contributed by atoms with Gasteiger partial charge in [0.05, 0.1) is 11.8 Å². The van der Waals surface area contributed by atoms with E-state index in [0.29, 0.717) is 12.3 Å². The Kier molecular flexibility index (Phi) is 4.42. The number of piperidine rings is 1. The Morgan fingerprint density at radius 3 is 2.70 bits per heavy atom. The van der Waals surface area contributed by atoms with Gasteiger partial charge in [0.15, 0.2) is 0 Å². The summed E-state index contributed by atoms with van der Waals surface area (Å²) in [6.07, 6.45) is 2.98. The third kappa shape index (κ3) is 3.57. The first-order valence-electron chi connectivity index (χ1n) is 8.62. The van der Waals surface area contributed by atoms with Crippen LogP contribution in [-0.4, -0.2) is 29.8 Å². The Morgan fingerprint density at radius 1 is 1.22 bits per heavy atom. The highest BCUT2D eigenvalue weighted by Crippen LogP contribution is 2.41. The average molecular weight is 314 g/mol. The van der Waals surface area contributed by atoms with E-state index in [-0.39, 0.29) is 23.7 Å². The molecule has 2 aliphatic rings. The van der Waals surface area contributed by atoms with E-state index < -0.39 is 0 Å². The maximum Gasteiger partial charge on any atom is 0.228 e. The van der Waals surface area contributed by atoms with Gasteiger partial charge in [-0.25, -0.2) is 0 Å². The molecule has 124 valence electrons. The molecule has 0 spiro atoms. The predicted octanol–water partition coefficient (Wildman–Crippen LogP) is 3.14. The van der Waals surface area contributed by atoms with Crippen molar-refractivity contribution in [1.82, 2.24) is 4.90 Å². The highest BCUT2D eigenvalue weighted by molar-refractivity contribution is 5.99. The number of nitrogens with zero attached hydrogens (tertiary/aromatic N) is 1. The van der Waals surface area contributed by atoms with Gasteiger partial charge in [-0.05, 0) is 50.7 Å². The SMILES string of the molecule is Cc1ccc(NC(=O)C2CC2C(=O)N2CCCC(C)C2)c(C)c1. The van der Waals surface area contributed by atoms with Gasteiger partial charge < -0.3 is 10.2 Å². The molecule has 2 amide bonds. The minimum Gasteiger partial charge on any atom is -0.342 e. The first-order chi connectivity index (χ1) is 11.0. The molecular formula is C19H26N2O2. The van der Waals surface area contributed by atoms with E-state index in [1.54, 1.807) is 0 Å². The van der Waals surface area contributed by atoms with Crippen LogP contribution >= 0.6 is 0 Å². The van der Waals surface area contributed by atoms with Crippen LogP contribution in [0.25, 0.3) is 0 Å². The van der Waals surface area contributed by atoms with Crippen molar-refractivity contribution in [1.29, 1.82) is 0 Å². The van der Waals surface area contributed by atoms with Crippen molar-refractivity contribution in [2.75, 3.05) is 18.4 Å². The van der Waals surface area contributed by atoms with Crippen LogP contribution in [0, 0.1) is 31.6 Å². The molecule has 1 aliphatic heterocycles. The molecule has 0 bridgehead atoms. The number of aryl methyl sites for hydroxylation is 2. The van der Waals surface area contributed by atoms with E-state index in [0.717, 1.165) is 30.8 Å². The van der Waals surface area contributed by atoms with E-state index >= 15 is 0 Å². The summed E-state index contributed by atoms with van der Waals surface area (Å²) in [6, 6.07) is 5.99. The van der Waals surface area contributed by atoms with Crippen LogP contribution < -0.4 is 5.32 Å². The third-order valence-corrected chi connectivity index (χ3v) is 5.05. The second kappa shape index (κ2) is 6.34. The smallest absolute Gasteiger partial charge is 0.228 e. The highest BCUT2D eigenvalue weighted by atomic mass is 16.2. The molecule has 1 heterocycles.